The Balaban J connectivity index is 2.76. The minimum absolute atomic E-state index is 0.729. The highest BCUT2D eigenvalue weighted by atomic mass is 32.2. The highest BCUT2D eigenvalue weighted by Crippen LogP contribution is 2.24. The lowest BCUT2D eigenvalue weighted by atomic mass is 10.4. The van der Waals surface area contributed by atoms with Gasteiger partial charge in [-0.05, 0) is 18.4 Å². The molecular weight excluding hydrogens is 170 g/mol. The van der Waals surface area contributed by atoms with E-state index in [2.05, 4.69) is 4.98 Å². The second-order valence-corrected chi connectivity index (χ2v) is 3.30. The largest absolute Gasteiger partial charge is 0.402 e. The summed E-state index contributed by atoms with van der Waals surface area (Å²) in [6.07, 6.45) is 3.39. The Morgan fingerprint density at radius 3 is 3.00 bits per heavy atom. The van der Waals surface area contributed by atoms with Gasteiger partial charge in [0, 0.05) is 23.8 Å². The fourth-order valence-electron chi connectivity index (χ4n) is 0.646. The zero-order valence-corrected chi connectivity index (χ0v) is 7.64. The molecule has 1 aromatic rings. The van der Waals surface area contributed by atoms with E-state index < -0.39 is 0 Å². The van der Waals surface area contributed by atoms with Crippen LogP contribution in [0.4, 0.5) is 5.69 Å². The summed E-state index contributed by atoms with van der Waals surface area (Å²) in [5, 5.41) is 1.84. The zero-order valence-electron chi connectivity index (χ0n) is 6.82. The number of hydrogen-bond acceptors (Lipinski definition) is 4. The zero-order chi connectivity index (χ0) is 8.97. The van der Waals surface area contributed by atoms with Crippen molar-refractivity contribution >= 4 is 17.4 Å². The van der Waals surface area contributed by atoms with Gasteiger partial charge in [-0.15, -0.1) is 0 Å². The molecule has 0 spiro atoms. The van der Waals surface area contributed by atoms with Crippen molar-refractivity contribution in [1.82, 2.24) is 4.98 Å². The molecule has 0 aromatic carbocycles. The van der Waals surface area contributed by atoms with Crippen molar-refractivity contribution in [1.29, 1.82) is 0 Å². The average molecular weight is 181 g/mol. The first-order valence-corrected chi connectivity index (χ1v) is 4.36. The van der Waals surface area contributed by atoms with Crippen LogP contribution >= 0.6 is 11.8 Å². The Labute approximate surface area is 75.9 Å². The van der Waals surface area contributed by atoms with Crippen molar-refractivity contribution in [3.8, 4) is 0 Å². The standard InChI is InChI=1S/C8H11N3S/c1-6(9)5-12-8-4-11-3-2-7(8)10/h2-5H,9H2,1H3,(H2,10,11)/b6-5+. The molecule has 64 valence electrons. The molecule has 12 heavy (non-hydrogen) atoms. The molecule has 0 aliphatic rings. The Kier molecular flexibility index (Phi) is 2.99. The summed E-state index contributed by atoms with van der Waals surface area (Å²) in [5.41, 5.74) is 12.6. The molecular formula is C8H11N3S. The molecule has 0 fully saturated rings. The lowest BCUT2D eigenvalue weighted by Crippen LogP contribution is -1.90. The van der Waals surface area contributed by atoms with Crippen LogP contribution in [0.2, 0.25) is 0 Å². The van der Waals surface area contributed by atoms with E-state index in [9.17, 15) is 0 Å². The van der Waals surface area contributed by atoms with Crippen LogP contribution in [-0.2, 0) is 0 Å². The van der Waals surface area contributed by atoms with Crippen molar-refractivity contribution < 1.29 is 0 Å². The van der Waals surface area contributed by atoms with Gasteiger partial charge in [-0.25, -0.2) is 0 Å². The maximum atomic E-state index is 5.68. The Hall–Kier alpha value is -1.16. The van der Waals surface area contributed by atoms with Gasteiger partial charge < -0.3 is 11.5 Å². The van der Waals surface area contributed by atoms with Gasteiger partial charge in [-0.3, -0.25) is 4.98 Å². The van der Waals surface area contributed by atoms with Crippen LogP contribution in [-0.4, -0.2) is 4.98 Å². The van der Waals surface area contributed by atoms with E-state index >= 15 is 0 Å². The smallest absolute Gasteiger partial charge is 0.0530 e. The summed E-state index contributed by atoms with van der Waals surface area (Å²) in [6, 6.07) is 1.77. The van der Waals surface area contributed by atoms with Gasteiger partial charge in [0.1, 0.15) is 0 Å². The predicted molar refractivity (Wildman–Crippen MR) is 52.5 cm³/mol. The number of allylic oxidation sites excluding steroid dienone is 1. The highest BCUT2D eigenvalue weighted by molar-refractivity contribution is 8.02. The summed E-state index contributed by atoms with van der Waals surface area (Å²) >= 11 is 1.48. The number of hydrogen-bond donors (Lipinski definition) is 2. The van der Waals surface area contributed by atoms with Crippen molar-refractivity contribution in [3.63, 3.8) is 0 Å². The molecule has 1 heterocycles. The Bertz CT molecular complexity index is 292. The fraction of sp³-hybridized carbons (Fsp3) is 0.125. The second-order valence-electron chi connectivity index (χ2n) is 2.39. The maximum Gasteiger partial charge on any atom is 0.0530 e. The number of aromatic nitrogens is 1. The van der Waals surface area contributed by atoms with E-state index in [4.69, 9.17) is 11.5 Å². The minimum atomic E-state index is 0.729. The van der Waals surface area contributed by atoms with Crippen LogP contribution < -0.4 is 11.5 Å². The van der Waals surface area contributed by atoms with E-state index in [1.54, 1.807) is 18.5 Å². The molecule has 0 atom stereocenters. The van der Waals surface area contributed by atoms with Crippen molar-refractivity contribution in [2.75, 3.05) is 5.73 Å². The molecule has 0 bridgehead atoms. The molecule has 4 heteroatoms. The van der Waals surface area contributed by atoms with Gasteiger partial charge in [0.15, 0.2) is 0 Å². The minimum Gasteiger partial charge on any atom is -0.402 e. The molecule has 0 saturated carbocycles. The molecule has 4 N–H and O–H groups in total. The van der Waals surface area contributed by atoms with Crippen LogP contribution in [0.15, 0.2) is 34.5 Å². The normalized spacial score (nSPS) is 11.6. The molecule has 1 aromatic heterocycles. The number of rotatable bonds is 2. The van der Waals surface area contributed by atoms with Gasteiger partial charge in [0.25, 0.3) is 0 Å². The number of nitrogens with two attached hydrogens (primary N) is 2. The molecule has 0 aliphatic heterocycles. The van der Waals surface area contributed by atoms with E-state index in [0.717, 1.165) is 16.3 Å². The summed E-state index contributed by atoms with van der Waals surface area (Å²) in [5.74, 6) is 0. The number of nitrogens with zero attached hydrogens (tertiary/aromatic N) is 1. The van der Waals surface area contributed by atoms with Crippen LogP contribution in [0.3, 0.4) is 0 Å². The first kappa shape index (κ1) is 8.93. The summed E-state index contributed by atoms with van der Waals surface area (Å²) < 4.78 is 0. The van der Waals surface area contributed by atoms with Crippen molar-refractivity contribution in [3.05, 3.63) is 29.6 Å². The molecule has 0 amide bonds. The van der Waals surface area contributed by atoms with Crippen LogP contribution in [0.5, 0.6) is 0 Å². The first-order valence-electron chi connectivity index (χ1n) is 3.48. The van der Waals surface area contributed by atoms with E-state index in [1.807, 2.05) is 12.3 Å². The third-order valence-electron chi connectivity index (χ3n) is 1.19. The van der Waals surface area contributed by atoms with Gasteiger partial charge >= 0.3 is 0 Å². The Morgan fingerprint density at radius 2 is 2.42 bits per heavy atom. The summed E-state index contributed by atoms with van der Waals surface area (Å²) in [7, 11) is 0. The predicted octanol–water partition coefficient (Wildman–Crippen LogP) is 1.58. The first-order chi connectivity index (χ1) is 5.70. The van der Waals surface area contributed by atoms with Crippen molar-refractivity contribution in [2.24, 2.45) is 5.73 Å². The van der Waals surface area contributed by atoms with Crippen LogP contribution in [0.1, 0.15) is 6.92 Å². The third-order valence-corrected chi connectivity index (χ3v) is 2.27. The second kappa shape index (κ2) is 4.01. The van der Waals surface area contributed by atoms with Gasteiger partial charge in [0.2, 0.25) is 0 Å². The molecule has 0 aliphatic carbocycles. The highest BCUT2D eigenvalue weighted by Gasteiger charge is 1.95. The van der Waals surface area contributed by atoms with Gasteiger partial charge in [0.05, 0.1) is 4.90 Å². The SMILES string of the molecule is C/C(N)=C\Sc1cnccc1N. The number of nitrogen functional groups attached to an aromatic ring is 1. The molecule has 0 saturated heterocycles. The number of anilines is 1. The topological polar surface area (TPSA) is 64.9 Å². The molecule has 3 nitrogen and oxygen atoms in total. The van der Waals surface area contributed by atoms with Crippen LogP contribution in [0, 0.1) is 0 Å². The van der Waals surface area contributed by atoms with E-state index in [1.165, 1.54) is 11.8 Å². The van der Waals surface area contributed by atoms with Gasteiger partial charge in [-0.2, -0.15) is 0 Å². The number of pyridine rings is 1. The number of thioether (sulfide) groups is 1. The molecule has 0 unspecified atom stereocenters. The monoisotopic (exact) mass is 181 g/mol. The van der Waals surface area contributed by atoms with E-state index in [-0.39, 0.29) is 0 Å². The van der Waals surface area contributed by atoms with E-state index in [0.29, 0.717) is 0 Å². The third kappa shape index (κ3) is 2.47. The Morgan fingerprint density at radius 1 is 1.67 bits per heavy atom. The fourth-order valence-corrected chi connectivity index (χ4v) is 1.28. The van der Waals surface area contributed by atoms with Gasteiger partial charge in [-0.1, -0.05) is 11.8 Å². The van der Waals surface area contributed by atoms with Crippen LogP contribution in [0.25, 0.3) is 0 Å². The lowest BCUT2D eigenvalue weighted by molar-refractivity contribution is 1.25. The average Bonchev–Trinajstić information content (AvgIpc) is 2.03. The molecule has 0 radical (unpaired) electrons. The van der Waals surface area contributed by atoms with Crippen molar-refractivity contribution in [2.45, 2.75) is 11.8 Å². The lowest BCUT2D eigenvalue weighted by Gasteiger charge is -1.99. The summed E-state index contributed by atoms with van der Waals surface area (Å²) in [6.45, 7) is 1.83. The molecule has 1 rings (SSSR count). The maximum absolute atomic E-state index is 5.68. The summed E-state index contributed by atoms with van der Waals surface area (Å²) in [4.78, 5) is 4.89. The quantitative estimate of drug-likeness (QED) is 0.680.